The molecule has 0 aromatic heterocycles. The average molecular weight is 219 g/mol. The Hall–Kier alpha value is -1.02. The quantitative estimate of drug-likeness (QED) is 0.844. The molecule has 0 saturated carbocycles. The number of benzene rings is 1. The van der Waals surface area contributed by atoms with Gasteiger partial charge in [0.05, 0.1) is 6.61 Å². The predicted molar refractivity (Wildman–Crippen MR) is 67.2 cm³/mol. The largest absolute Gasteiger partial charge is 0.494 e. The number of rotatable bonds is 3. The number of nitrogens with one attached hydrogen (secondary N) is 1. The van der Waals surface area contributed by atoms with Crippen LogP contribution in [0.2, 0.25) is 0 Å². The first kappa shape index (κ1) is 11.5. The maximum absolute atomic E-state index is 5.75. The highest BCUT2D eigenvalue weighted by molar-refractivity contribution is 5.39. The second kappa shape index (κ2) is 5.35. The third-order valence-corrected chi connectivity index (χ3v) is 3.25. The van der Waals surface area contributed by atoms with Gasteiger partial charge in [0.25, 0.3) is 0 Å². The Kier molecular flexibility index (Phi) is 3.83. The van der Waals surface area contributed by atoms with Crippen molar-refractivity contribution in [1.82, 2.24) is 5.32 Å². The fourth-order valence-corrected chi connectivity index (χ4v) is 2.39. The fraction of sp³-hybridized carbons (Fsp3) is 0.571. The SMILES string of the molecule is CCOc1cc(C)ccc1C1CCNCC1. The van der Waals surface area contributed by atoms with E-state index in [-0.39, 0.29) is 0 Å². The molecule has 0 unspecified atom stereocenters. The van der Waals surface area contributed by atoms with Crippen LogP contribution in [0, 0.1) is 6.92 Å². The minimum atomic E-state index is 0.670. The Morgan fingerprint density at radius 3 is 2.75 bits per heavy atom. The molecule has 1 saturated heterocycles. The lowest BCUT2D eigenvalue weighted by Crippen LogP contribution is -2.26. The molecule has 0 amide bonds. The first-order valence-corrected chi connectivity index (χ1v) is 6.25. The van der Waals surface area contributed by atoms with Crippen LogP contribution in [0.15, 0.2) is 18.2 Å². The highest BCUT2D eigenvalue weighted by Crippen LogP contribution is 2.33. The highest BCUT2D eigenvalue weighted by Gasteiger charge is 2.18. The maximum atomic E-state index is 5.75. The summed E-state index contributed by atoms with van der Waals surface area (Å²) in [7, 11) is 0. The molecule has 1 aromatic carbocycles. The van der Waals surface area contributed by atoms with Crippen molar-refractivity contribution in [1.29, 1.82) is 0 Å². The van der Waals surface area contributed by atoms with Crippen molar-refractivity contribution >= 4 is 0 Å². The lowest BCUT2D eigenvalue weighted by atomic mass is 9.89. The van der Waals surface area contributed by atoms with Gasteiger partial charge in [-0.2, -0.15) is 0 Å². The zero-order valence-electron chi connectivity index (χ0n) is 10.3. The van der Waals surface area contributed by atoms with E-state index in [9.17, 15) is 0 Å². The summed E-state index contributed by atoms with van der Waals surface area (Å²) in [4.78, 5) is 0. The monoisotopic (exact) mass is 219 g/mol. The third kappa shape index (κ3) is 2.56. The van der Waals surface area contributed by atoms with Crippen LogP contribution in [0.4, 0.5) is 0 Å². The highest BCUT2D eigenvalue weighted by atomic mass is 16.5. The van der Waals surface area contributed by atoms with Gasteiger partial charge in [0.15, 0.2) is 0 Å². The zero-order valence-corrected chi connectivity index (χ0v) is 10.3. The molecule has 2 nitrogen and oxygen atoms in total. The lowest BCUT2D eigenvalue weighted by Gasteiger charge is -2.25. The van der Waals surface area contributed by atoms with E-state index in [1.54, 1.807) is 0 Å². The summed E-state index contributed by atoms with van der Waals surface area (Å²) in [5.74, 6) is 1.76. The summed E-state index contributed by atoms with van der Waals surface area (Å²) < 4.78 is 5.75. The summed E-state index contributed by atoms with van der Waals surface area (Å²) in [6.45, 7) is 7.18. The third-order valence-electron chi connectivity index (χ3n) is 3.25. The number of piperidine rings is 1. The van der Waals surface area contributed by atoms with E-state index < -0.39 is 0 Å². The molecular weight excluding hydrogens is 198 g/mol. The smallest absolute Gasteiger partial charge is 0.123 e. The maximum Gasteiger partial charge on any atom is 0.123 e. The first-order chi connectivity index (χ1) is 7.81. The van der Waals surface area contributed by atoms with E-state index >= 15 is 0 Å². The number of aryl methyl sites for hydroxylation is 1. The zero-order chi connectivity index (χ0) is 11.4. The second-order valence-electron chi connectivity index (χ2n) is 4.50. The molecule has 16 heavy (non-hydrogen) atoms. The molecule has 1 aliphatic heterocycles. The van der Waals surface area contributed by atoms with Gasteiger partial charge in [-0.25, -0.2) is 0 Å². The molecule has 0 radical (unpaired) electrons. The van der Waals surface area contributed by atoms with Crippen molar-refractivity contribution in [3.63, 3.8) is 0 Å². The molecule has 0 aliphatic carbocycles. The van der Waals surface area contributed by atoms with Crippen molar-refractivity contribution in [3.05, 3.63) is 29.3 Å². The summed E-state index contributed by atoms with van der Waals surface area (Å²) in [6.07, 6.45) is 2.45. The van der Waals surface area contributed by atoms with E-state index in [1.807, 2.05) is 0 Å². The minimum absolute atomic E-state index is 0.670. The molecule has 2 heteroatoms. The van der Waals surface area contributed by atoms with Crippen LogP contribution >= 0.6 is 0 Å². The standard InChI is InChI=1S/C14H21NO/c1-3-16-14-10-11(2)4-5-13(14)12-6-8-15-9-7-12/h4-5,10,12,15H,3,6-9H2,1-2H3. The van der Waals surface area contributed by atoms with Gasteiger partial charge in [-0.05, 0) is 62.9 Å². The fourth-order valence-electron chi connectivity index (χ4n) is 2.39. The van der Waals surface area contributed by atoms with Gasteiger partial charge in [-0.3, -0.25) is 0 Å². The first-order valence-electron chi connectivity index (χ1n) is 6.25. The van der Waals surface area contributed by atoms with Crippen LogP contribution in [0.3, 0.4) is 0 Å². The number of hydrogen-bond acceptors (Lipinski definition) is 2. The van der Waals surface area contributed by atoms with Crippen molar-refractivity contribution in [2.45, 2.75) is 32.6 Å². The van der Waals surface area contributed by atoms with E-state index in [0.29, 0.717) is 5.92 Å². The van der Waals surface area contributed by atoms with E-state index in [0.717, 1.165) is 25.4 Å². The van der Waals surface area contributed by atoms with Gasteiger partial charge in [-0.1, -0.05) is 12.1 Å². The molecule has 88 valence electrons. The number of ether oxygens (including phenoxy) is 1. The molecule has 1 fully saturated rings. The van der Waals surface area contributed by atoms with Crippen LogP contribution in [-0.4, -0.2) is 19.7 Å². The van der Waals surface area contributed by atoms with Crippen LogP contribution in [0.25, 0.3) is 0 Å². The van der Waals surface area contributed by atoms with E-state index in [4.69, 9.17) is 4.74 Å². The Labute approximate surface area is 98.0 Å². The lowest BCUT2D eigenvalue weighted by molar-refractivity contribution is 0.329. The molecular formula is C14H21NO. The molecule has 0 bridgehead atoms. The predicted octanol–water partition coefficient (Wildman–Crippen LogP) is 2.86. The van der Waals surface area contributed by atoms with Crippen molar-refractivity contribution in [2.24, 2.45) is 0 Å². The summed E-state index contributed by atoms with van der Waals surface area (Å²) in [5.41, 5.74) is 2.68. The molecule has 1 aromatic rings. The van der Waals surface area contributed by atoms with Crippen molar-refractivity contribution < 1.29 is 4.74 Å². The molecule has 1 heterocycles. The normalized spacial score (nSPS) is 17.4. The number of hydrogen-bond donors (Lipinski definition) is 1. The van der Waals surface area contributed by atoms with Crippen LogP contribution in [-0.2, 0) is 0 Å². The van der Waals surface area contributed by atoms with E-state index in [1.165, 1.54) is 24.0 Å². The van der Waals surface area contributed by atoms with E-state index in [2.05, 4.69) is 37.4 Å². The van der Waals surface area contributed by atoms with Crippen LogP contribution in [0.5, 0.6) is 5.75 Å². The Morgan fingerprint density at radius 1 is 1.31 bits per heavy atom. The van der Waals surface area contributed by atoms with Gasteiger partial charge >= 0.3 is 0 Å². The molecule has 0 atom stereocenters. The minimum Gasteiger partial charge on any atom is -0.494 e. The van der Waals surface area contributed by atoms with Crippen LogP contribution in [0.1, 0.15) is 36.8 Å². The van der Waals surface area contributed by atoms with Gasteiger partial charge in [-0.15, -0.1) is 0 Å². The van der Waals surface area contributed by atoms with Gasteiger partial charge in [0, 0.05) is 0 Å². The summed E-state index contributed by atoms with van der Waals surface area (Å²) in [6, 6.07) is 6.61. The summed E-state index contributed by atoms with van der Waals surface area (Å²) in [5, 5.41) is 3.41. The molecule has 1 aliphatic rings. The van der Waals surface area contributed by atoms with Gasteiger partial charge < -0.3 is 10.1 Å². The van der Waals surface area contributed by atoms with Gasteiger partial charge in [0.2, 0.25) is 0 Å². The Morgan fingerprint density at radius 2 is 2.06 bits per heavy atom. The molecule has 1 N–H and O–H groups in total. The Bertz CT molecular complexity index is 343. The second-order valence-corrected chi connectivity index (χ2v) is 4.50. The van der Waals surface area contributed by atoms with Crippen LogP contribution < -0.4 is 10.1 Å². The molecule has 0 spiro atoms. The van der Waals surface area contributed by atoms with Crippen molar-refractivity contribution in [3.8, 4) is 5.75 Å². The summed E-state index contributed by atoms with van der Waals surface area (Å²) >= 11 is 0. The average Bonchev–Trinajstić information content (AvgIpc) is 2.31. The topological polar surface area (TPSA) is 21.3 Å². The van der Waals surface area contributed by atoms with Crippen molar-refractivity contribution in [2.75, 3.05) is 19.7 Å². The van der Waals surface area contributed by atoms with Gasteiger partial charge in [0.1, 0.15) is 5.75 Å². The molecule has 2 rings (SSSR count). The Balaban J connectivity index is 2.23.